The second-order valence-corrected chi connectivity index (χ2v) is 3.92. The Kier molecular flexibility index (Phi) is 5.66. The van der Waals surface area contributed by atoms with Crippen molar-refractivity contribution in [3.05, 3.63) is 12.4 Å². The lowest BCUT2D eigenvalue weighted by Crippen LogP contribution is -2.35. The largest absolute Gasteiger partial charge is 0.383 e. The maximum absolute atomic E-state index is 5.12. The summed E-state index contributed by atoms with van der Waals surface area (Å²) in [7, 11) is 1.72. The highest BCUT2D eigenvalue weighted by Gasteiger charge is 2.07. The number of ether oxygens (including phenoxy) is 1. The van der Waals surface area contributed by atoms with Crippen LogP contribution in [0.4, 0.5) is 0 Å². The summed E-state index contributed by atoms with van der Waals surface area (Å²) >= 11 is 1.71. The van der Waals surface area contributed by atoms with Crippen LogP contribution in [0.5, 0.6) is 0 Å². The van der Waals surface area contributed by atoms with E-state index in [0.717, 1.165) is 24.1 Å². The van der Waals surface area contributed by atoms with Gasteiger partial charge >= 0.3 is 0 Å². The molecule has 5 heteroatoms. The van der Waals surface area contributed by atoms with Crippen LogP contribution in [0.3, 0.4) is 0 Å². The van der Waals surface area contributed by atoms with Crippen molar-refractivity contribution in [2.75, 3.05) is 26.0 Å². The molecule has 0 aliphatic carbocycles. The van der Waals surface area contributed by atoms with Gasteiger partial charge in [-0.25, -0.2) is 4.98 Å². The van der Waals surface area contributed by atoms with Crippen LogP contribution in [0, 0.1) is 0 Å². The van der Waals surface area contributed by atoms with Gasteiger partial charge in [0.15, 0.2) is 5.16 Å². The topological polar surface area (TPSA) is 49.9 Å². The fraction of sp³-hybridized carbons (Fsp3) is 0.667. The first-order chi connectivity index (χ1) is 6.86. The van der Waals surface area contributed by atoms with Gasteiger partial charge in [0.25, 0.3) is 0 Å². The van der Waals surface area contributed by atoms with Crippen molar-refractivity contribution >= 4 is 11.8 Å². The molecule has 0 aliphatic rings. The molecular formula is C9H17N3OS. The van der Waals surface area contributed by atoms with Gasteiger partial charge in [-0.05, 0) is 6.54 Å². The van der Waals surface area contributed by atoms with Crippen molar-refractivity contribution in [3.8, 4) is 0 Å². The zero-order valence-electron chi connectivity index (χ0n) is 8.62. The van der Waals surface area contributed by atoms with E-state index in [1.165, 1.54) is 0 Å². The van der Waals surface area contributed by atoms with Crippen LogP contribution >= 0.6 is 11.8 Å². The Morgan fingerprint density at radius 2 is 2.57 bits per heavy atom. The van der Waals surface area contributed by atoms with Crippen molar-refractivity contribution in [3.63, 3.8) is 0 Å². The van der Waals surface area contributed by atoms with Gasteiger partial charge in [0.05, 0.1) is 6.61 Å². The number of thioether (sulfide) groups is 1. The number of hydrogen-bond donors (Lipinski definition) is 2. The minimum Gasteiger partial charge on any atom is -0.383 e. The second kappa shape index (κ2) is 6.86. The number of rotatable bonds is 7. The van der Waals surface area contributed by atoms with Gasteiger partial charge in [-0.2, -0.15) is 0 Å². The van der Waals surface area contributed by atoms with E-state index < -0.39 is 0 Å². The molecule has 2 N–H and O–H groups in total. The summed E-state index contributed by atoms with van der Waals surface area (Å²) in [6, 6.07) is 0.389. The fourth-order valence-electron chi connectivity index (χ4n) is 1.17. The molecule has 1 heterocycles. The predicted molar refractivity (Wildman–Crippen MR) is 58.7 cm³/mol. The quantitative estimate of drug-likeness (QED) is 0.669. The number of methoxy groups -OCH3 is 1. The number of hydrogen-bond acceptors (Lipinski definition) is 4. The van der Waals surface area contributed by atoms with Crippen molar-refractivity contribution < 1.29 is 4.74 Å². The minimum atomic E-state index is 0.389. The summed E-state index contributed by atoms with van der Waals surface area (Å²) in [6.45, 7) is 3.80. The SMILES string of the molecule is CCNC(COC)CSc1ncc[nH]1. The molecule has 1 rings (SSSR count). The standard InChI is InChI=1S/C9H17N3OS/c1-3-10-8(6-13-2)7-14-9-11-4-5-12-9/h4-5,8,10H,3,6-7H2,1-2H3,(H,11,12). The molecule has 4 nitrogen and oxygen atoms in total. The van der Waals surface area contributed by atoms with Gasteiger partial charge in [-0.1, -0.05) is 18.7 Å². The van der Waals surface area contributed by atoms with E-state index in [-0.39, 0.29) is 0 Å². The van der Waals surface area contributed by atoms with Crippen LogP contribution in [-0.4, -0.2) is 42.0 Å². The first-order valence-corrected chi connectivity index (χ1v) is 5.69. The molecule has 80 valence electrons. The number of nitrogens with zero attached hydrogens (tertiary/aromatic N) is 1. The van der Waals surface area contributed by atoms with Crippen molar-refractivity contribution in [2.45, 2.75) is 18.1 Å². The third kappa shape index (κ3) is 4.13. The molecule has 0 saturated heterocycles. The zero-order chi connectivity index (χ0) is 10.2. The van der Waals surface area contributed by atoms with Crippen molar-refractivity contribution in [1.82, 2.24) is 15.3 Å². The van der Waals surface area contributed by atoms with E-state index in [4.69, 9.17) is 4.74 Å². The van der Waals surface area contributed by atoms with E-state index in [1.54, 1.807) is 25.1 Å². The van der Waals surface area contributed by atoms with Crippen molar-refractivity contribution in [1.29, 1.82) is 0 Å². The summed E-state index contributed by atoms with van der Waals surface area (Å²) in [5.74, 6) is 0.967. The molecule has 1 aromatic rings. The molecule has 0 fully saturated rings. The number of likely N-dealkylation sites (N-methyl/N-ethyl adjacent to an activating group) is 1. The molecule has 0 aromatic carbocycles. The highest BCUT2D eigenvalue weighted by atomic mass is 32.2. The van der Waals surface area contributed by atoms with E-state index in [0.29, 0.717) is 6.04 Å². The number of nitrogens with one attached hydrogen (secondary N) is 2. The van der Waals surface area contributed by atoms with Crippen LogP contribution < -0.4 is 5.32 Å². The summed E-state index contributed by atoms with van der Waals surface area (Å²) in [5, 5.41) is 4.32. The Morgan fingerprint density at radius 1 is 1.71 bits per heavy atom. The third-order valence-corrected chi connectivity index (χ3v) is 2.82. The minimum absolute atomic E-state index is 0.389. The molecule has 0 amide bonds. The number of aromatic nitrogens is 2. The lowest BCUT2D eigenvalue weighted by Gasteiger charge is -2.15. The highest BCUT2D eigenvalue weighted by molar-refractivity contribution is 7.99. The Bertz CT molecular complexity index is 222. The van der Waals surface area contributed by atoms with Gasteiger partial charge in [0, 0.05) is 31.3 Å². The predicted octanol–water partition coefficient (Wildman–Crippen LogP) is 1.13. The van der Waals surface area contributed by atoms with Crippen LogP contribution in [0.25, 0.3) is 0 Å². The highest BCUT2D eigenvalue weighted by Crippen LogP contribution is 2.12. The summed E-state index contributed by atoms with van der Waals surface area (Å²) < 4.78 is 5.12. The molecule has 14 heavy (non-hydrogen) atoms. The smallest absolute Gasteiger partial charge is 0.165 e. The normalized spacial score (nSPS) is 13.0. The lowest BCUT2D eigenvalue weighted by atomic mass is 10.3. The van der Waals surface area contributed by atoms with Gasteiger partial charge in [-0.3, -0.25) is 0 Å². The molecular weight excluding hydrogens is 198 g/mol. The number of H-pyrrole nitrogens is 1. The molecule has 1 aromatic heterocycles. The molecule has 0 spiro atoms. The van der Waals surface area contributed by atoms with Crippen LogP contribution in [0.1, 0.15) is 6.92 Å². The van der Waals surface area contributed by atoms with Crippen LogP contribution in [-0.2, 0) is 4.74 Å². The molecule has 0 bridgehead atoms. The second-order valence-electron chi connectivity index (χ2n) is 2.92. The zero-order valence-corrected chi connectivity index (χ0v) is 9.43. The van der Waals surface area contributed by atoms with Crippen LogP contribution in [0.15, 0.2) is 17.6 Å². The molecule has 0 aliphatic heterocycles. The Labute approximate surface area is 88.8 Å². The first-order valence-electron chi connectivity index (χ1n) is 4.71. The average Bonchev–Trinajstić information content (AvgIpc) is 2.67. The van der Waals surface area contributed by atoms with E-state index >= 15 is 0 Å². The summed E-state index contributed by atoms with van der Waals surface area (Å²) in [4.78, 5) is 7.21. The molecule has 0 radical (unpaired) electrons. The number of imidazole rings is 1. The summed E-state index contributed by atoms with van der Waals surface area (Å²) in [5.41, 5.74) is 0. The third-order valence-electron chi connectivity index (χ3n) is 1.76. The average molecular weight is 215 g/mol. The molecule has 0 saturated carbocycles. The monoisotopic (exact) mass is 215 g/mol. The van der Waals surface area contributed by atoms with Gasteiger partial charge < -0.3 is 15.0 Å². The van der Waals surface area contributed by atoms with Gasteiger partial charge in [-0.15, -0.1) is 0 Å². The van der Waals surface area contributed by atoms with Crippen LogP contribution in [0.2, 0.25) is 0 Å². The summed E-state index contributed by atoms with van der Waals surface area (Å²) in [6.07, 6.45) is 3.60. The Balaban J connectivity index is 2.25. The van der Waals surface area contributed by atoms with Gasteiger partial charge in [0.2, 0.25) is 0 Å². The Hall–Kier alpha value is -0.520. The maximum atomic E-state index is 5.12. The van der Waals surface area contributed by atoms with Crippen molar-refractivity contribution in [2.24, 2.45) is 0 Å². The first kappa shape index (κ1) is 11.6. The van der Waals surface area contributed by atoms with Gasteiger partial charge in [0.1, 0.15) is 0 Å². The van der Waals surface area contributed by atoms with E-state index in [9.17, 15) is 0 Å². The Morgan fingerprint density at radius 3 is 3.14 bits per heavy atom. The van der Waals surface area contributed by atoms with E-state index in [2.05, 4.69) is 22.2 Å². The lowest BCUT2D eigenvalue weighted by molar-refractivity contribution is 0.174. The molecule has 1 unspecified atom stereocenters. The number of aromatic amines is 1. The maximum Gasteiger partial charge on any atom is 0.165 e. The molecule has 1 atom stereocenters. The van der Waals surface area contributed by atoms with E-state index in [1.807, 2.05) is 6.20 Å². The fourth-order valence-corrected chi connectivity index (χ4v) is 2.02.